The summed E-state index contributed by atoms with van der Waals surface area (Å²) >= 11 is 0. The molecule has 0 aliphatic carbocycles. The third-order valence-corrected chi connectivity index (χ3v) is 3.33. The molecule has 0 spiro atoms. The minimum Gasteiger partial charge on any atom is -0.399 e. The third-order valence-electron chi connectivity index (χ3n) is 3.33. The number of carbonyl (C=O) groups excluding carboxylic acids is 1. The summed E-state index contributed by atoms with van der Waals surface area (Å²) in [5, 5.41) is 0. The van der Waals surface area contributed by atoms with Crippen LogP contribution in [-0.4, -0.2) is 5.91 Å². The standard InChI is InChI=1S/C15H14N2O/c1-10-8-12(16)6-7-14(10)17-9-11-4-2-3-5-13(11)15(17)18/h2-8H,9,16H2,1H3. The van der Waals surface area contributed by atoms with Gasteiger partial charge in [-0.1, -0.05) is 18.2 Å². The fourth-order valence-electron chi connectivity index (χ4n) is 2.43. The lowest BCUT2D eigenvalue weighted by molar-refractivity contribution is 0.0996. The van der Waals surface area contributed by atoms with E-state index in [-0.39, 0.29) is 5.91 Å². The molecule has 0 aromatic heterocycles. The Morgan fingerprint density at radius 3 is 2.67 bits per heavy atom. The van der Waals surface area contributed by atoms with E-state index in [1.54, 1.807) is 4.90 Å². The summed E-state index contributed by atoms with van der Waals surface area (Å²) in [6.45, 7) is 2.61. The largest absolute Gasteiger partial charge is 0.399 e. The highest BCUT2D eigenvalue weighted by Crippen LogP contribution is 2.31. The summed E-state index contributed by atoms with van der Waals surface area (Å²) in [6, 6.07) is 13.4. The second-order valence-corrected chi connectivity index (χ2v) is 4.59. The number of aryl methyl sites for hydroxylation is 1. The molecule has 1 aliphatic heterocycles. The van der Waals surface area contributed by atoms with Crippen LogP contribution < -0.4 is 10.6 Å². The average Bonchev–Trinajstić information content (AvgIpc) is 2.68. The van der Waals surface area contributed by atoms with Crippen LogP contribution in [0.4, 0.5) is 11.4 Å². The lowest BCUT2D eigenvalue weighted by Crippen LogP contribution is -2.23. The first-order valence-electron chi connectivity index (χ1n) is 5.93. The summed E-state index contributed by atoms with van der Waals surface area (Å²) in [5.74, 6) is 0.0680. The van der Waals surface area contributed by atoms with Gasteiger partial charge >= 0.3 is 0 Å². The molecule has 1 amide bonds. The zero-order valence-electron chi connectivity index (χ0n) is 10.2. The predicted octanol–water partition coefficient (Wildman–Crippen LogP) is 2.74. The van der Waals surface area contributed by atoms with Crippen LogP contribution in [0.25, 0.3) is 0 Å². The monoisotopic (exact) mass is 238 g/mol. The molecule has 3 rings (SSSR count). The quantitative estimate of drug-likeness (QED) is 0.776. The Balaban J connectivity index is 2.04. The zero-order chi connectivity index (χ0) is 12.7. The van der Waals surface area contributed by atoms with Gasteiger partial charge in [0.2, 0.25) is 0 Å². The van der Waals surface area contributed by atoms with Crippen molar-refractivity contribution in [1.29, 1.82) is 0 Å². The van der Waals surface area contributed by atoms with Crippen LogP contribution in [-0.2, 0) is 6.54 Å². The molecule has 0 unspecified atom stereocenters. The van der Waals surface area contributed by atoms with E-state index in [0.717, 1.165) is 28.1 Å². The second-order valence-electron chi connectivity index (χ2n) is 4.59. The van der Waals surface area contributed by atoms with Gasteiger partial charge in [0, 0.05) is 16.9 Å². The second kappa shape index (κ2) is 3.88. The minimum absolute atomic E-state index is 0.0680. The van der Waals surface area contributed by atoms with E-state index >= 15 is 0 Å². The highest BCUT2D eigenvalue weighted by molar-refractivity contribution is 6.10. The first-order chi connectivity index (χ1) is 8.66. The van der Waals surface area contributed by atoms with Gasteiger partial charge in [0.1, 0.15) is 0 Å². The predicted molar refractivity (Wildman–Crippen MR) is 72.5 cm³/mol. The molecule has 2 aromatic carbocycles. The van der Waals surface area contributed by atoms with Crippen LogP contribution in [0.15, 0.2) is 42.5 Å². The number of nitrogen functional groups attached to an aromatic ring is 1. The Bertz CT molecular complexity index is 634. The maximum atomic E-state index is 12.3. The van der Waals surface area contributed by atoms with Gasteiger partial charge in [0.15, 0.2) is 0 Å². The molecule has 0 bridgehead atoms. The first-order valence-corrected chi connectivity index (χ1v) is 5.93. The number of anilines is 2. The molecule has 0 saturated heterocycles. The summed E-state index contributed by atoms with van der Waals surface area (Å²) in [7, 11) is 0. The van der Waals surface area contributed by atoms with Crippen LogP contribution in [0.5, 0.6) is 0 Å². The number of carbonyl (C=O) groups is 1. The van der Waals surface area contributed by atoms with Gasteiger partial charge in [0.25, 0.3) is 5.91 Å². The van der Waals surface area contributed by atoms with Crippen molar-refractivity contribution >= 4 is 17.3 Å². The highest BCUT2D eigenvalue weighted by atomic mass is 16.2. The molecule has 2 aromatic rings. The average molecular weight is 238 g/mol. The van der Waals surface area contributed by atoms with E-state index in [0.29, 0.717) is 6.54 Å². The number of nitrogens with two attached hydrogens (primary N) is 1. The molecule has 2 N–H and O–H groups in total. The normalized spacial score (nSPS) is 13.8. The summed E-state index contributed by atoms with van der Waals surface area (Å²) in [4.78, 5) is 14.1. The Morgan fingerprint density at radius 1 is 1.17 bits per heavy atom. The molecule has 1 heterocycles. The molecule has 18 heavy (non-hydrogen) atoms. The Labute approximate surface area is 106 Å². The van der Waals surface area contributed by atoms with Crippen molar-refractivity contribution in [2.45, 2.75) is 13.5 Å². The molecular formula is C15H14N2O. The van der Waals surface area contributed by atoms with E-state index in [1.807, 2.05) is 49.4 Å². The minimum atomic E-state index is 0.0680. The van der Waals surface area contributed by atoms with Crippen molar-refractivity contribution in [2.24, 2.45) is 0 Å². The van der Waals surface area contributed by atoms with E-state index < -0.39 is 0 Å². The van der Waals surface area contributed by atoms with Crippen molar-refractivity contribution in [2.75, 3.05) is 10.6 Å². The number of amides is 1. The van der Waals surface area contributed by atoms with Gasteiger partial charge in [0.05, 0.1) is 6.54 Å². The molecule has 3 heteroatoms. The number of benzene rings is 2. The van der Waals surface area contributed by atoms with E-state index in [1.165, 1.54) is 0 Å². The van der Waals surface area contributed by atoms with Gasteiger partial charge < -0.3 is 10.6 Å². The lowest BCUT2D eigenvalue weighted by atomic mass is 10.1. The number of hydrogen-bond donors (Lipinski definition) is 1. The first kappa shape index (κ1) is 10.8. The van der Waals surface area contributed by atoms with Gasteiger partial charge in [-0.05, 0) is 42.3 Å². The SMILES string of the molecule is Cc1cc(N)ccc1N1Cc2ccccc2C1=O. The Hall–Kier alpha value is -2.29. The zero-order valence-corrected chi connectivity index (χ0v) is 10.2. The maximum absolute atomic E-state index is 12.3. The number of fused-ring (bicyclic) bond motifs is 1. The van der Waals surface area contributed by atoms with Crippen LogP contribution in [0.3, 0.4) is 0 Å². The number of nitrogens with zero attached hydrogens (tertiary/aromatic N) is 1. The Morgan fingerprint density at radius 2 is 1.94 bits per heavy atom. The van der Waals surface area contributed by atoms with E-state index in [9.17, 15) is 4.79 Å². The van der Waals surface area contributed by atoms with Crippen molar-refractivity contribution in [3.05, 3.63) is 59.2 Å². The Kier molecular flexibility index (Phi) is 2.33. The van der Waals surface area contributed by atoms with Gasteiger partial charge in [-0.2, -0.15) is 0 Å². The molecule has 0 atom stereocenters. The maximum Gasteiger partial charge on any atom is 0.258 e. The van der Waals surface area contributed by atoms with Gasteiger partial charge in [-0.25, -0.2) is 0 Å². The van der Waals surface area contributed by atoms with Crippen molar-refractivity contribution in [3.63, 3.8) is 0 Å². The number of rotatable bonds is 1. The number of hydrogen-bond acceptors (Lipinski definition) is 2. The molecule has 0 radical (unpaired) electrons. The fraction of sp³-hybridized carbons (Fsp3) is 0.133. The third kappa shape index (κ3) is 1.56. The van der Waals surface area contributed by atoms with E-state index in [4.69, 9.17) is 5.73 Å². The summed E-state index contributed by atoms with van der Waals surface area (Å²) in [5.41, 5.74) is 10.3. The molecule has 90 valence electrons. The fourth-order valence-corrected chi connectivity index (χ4v) is 2.43. The van der Waals surface area contributed by atoms with Gasteiger partial charge in [-0.3, -0.25) is 4.79 Å². The van der Waals surface area contributed by atoms with Gasteiger partial charge in [-0.15, -0.1) is 0 Å². The summed E-state index contributed by atoms with van der Waals surface area (Å²) in [6.07, 6.45) is 0. The molecule has 0 saturated carbocycles. The van der Waals surface area contributed by atoms with Crippen LogP contribution in [0.2, 0.25) is 0 Å². The van der Waals surface area contributed by atoms with Crippen LogP contribution >= 0.6 is 0 Å². The topological polar surface area (TPSA) is 46.3 Å². The highest BCUT2D eigenvalue weighted by Gasteiger charge is 2.28. The van der Waals surface area contributed by atoms with Crippen molar-refractivity contribution in [3.8, 4) is 0 Å². The molecular weight excluding hydrogens is 224 g/mol. The van der Waals surface area contributed by atoms with Crippen molar-refractivity contribution in [1.82, 2.24) is 0 Å². The molecule has 0 fully saturated rings. The smallest absolute Gasteiger partial charge is 0.258 e. The lowest BCUT2D eigenvalue weighted by Gasteiger charge is -2.18. The van der Waals surface area contributed by atoms with Crippen LogP contribution in [0.1, 0.15) is 21.5 Å². The molecule has 1 aliphatic rings. The van der Waals surface area contributed by atoms with Crippen LogP contribution in [0, 0.1) is 6.92 Å². The summed E-state index contributed by atoms with van der Waals surface area (Å²) < 4.78 is 0. The molecule has 3 nitrogen and oxygen atoms in total. The van der Waals surface area contributed by atoms with E-state index in [2.05, 4.69) is 0 Å². The van der Waals surface area contributed by atoms with Crippen molar-refractivity contribution < 1.29 is 4.79 Å².